The Morgan fingerprint density at radius 3 is 2.55 bits per heavy atom. The number of hydrogen-bond donors (Lipinski definition) is 1. The molecule has 1 aliphatic heterocycles. The maximum Gasteiger partial charge on any atom is 0.193 e. The lowest BCUT2D eigenvalue weighted by molar-refractivity contribution is 0.168. The van der Waals surface area contributed by atoms with Crippen LogP contribution in [0, 0.1) is 6.92 Å². The number of hydrogen-bond acceptors (Lipinski definition) is 6. The van der Waals surface area contributed by atoms with Crippen LogP contribution in [0.2, 0.25) is 0 Å². The molecular formula is C19H33IN8O. The second-order valence-electron chi connectivity index (χ2n) is 7.55. The van der Waals surface area contributed by atoms with E-state index in [-0.39, 0.29) is 30.0 Å². The molecule has 0 aliphatic carbocycles. The van der Waals surface area contributed by atoms with Crippen molar-refractivity contribution in [3.05, 3.63) is 35.5 Å². The van der Waals surface area contributed by atoms with E-state index < -0.39 is 0 Å². The molecule has 2 aromatic rings. The molecule has 1 fully saturated rings. The molecule has 9 nitrogen and oxygen atoms in total. The summed E-state index contributed by atoms with van der Waals surface area (Å²) in [5.41, 5.74) is 2.20. The molecule has 0 amide bonds. The highest BCUT2D eigenvalue weighted by molar-refractivity contribution is 14.0. The van der Waals surface area contributed by atoms with Gasteiger partial charge in [-0.2, -0.15) is 5.10 Å². The van der Waals surface area contributed by atoms with Crippen molar-refractivity contribution in [2.75, 3.05) is 53.9 Å². The maximum atomic E-state index is 5.17. The minimum atomic E-state index is 0. The number of nitrogens with zero attached hydrogens (tertiary/aromatic N) is 7. The molecule has 0 spiro atoms. The van der Waals surface area contributed by atoms with Crippen molar-refractivity contribution in [2.24, 2.45) is 12.0 Å². The highest BCUT2D eigenvalue weighted by Gasteiger charge is 2.22. The number of aliphatic imine (C=N–C) groups is 1. The number of nitrogens with one attached hydrogen (secondary N) is 1. The van der Waals surface area contributed by atoms with Gasteiger partial charge in [-0.25, -0.2) is 0 Å². The van der Waals surface area contributed by atoms with E-state index in [0.29, 0.717) is 0 Å². The molecule has 1 unspecified atom stereocenters. The zero-order valence-electron chi connectivity index (χ0n) is 18.0. The van der Waals surface area contributed by atoms with Crippen molar-refractivity contribution in [1.82, 2.24) is 35.0 Å². The van der Waals surface area contributed by atoms with Gasteiger partial charge >= 0.3 is 0 Å². The first kappa shape index (κ1) is 23.6. The van der Waals surface area contributed by atoms with Crippen molar-refractivity contribution < 1.29 is 4.52 Å². The number of likely N-dealkylation sites (N-methyl/N-ethyl adjacent to an activating group) is 1. The maximum absolute atomic E-state index is 5.17. The van der Waals surface area contributed by atoms with Crippen LogP contribution in [0.25, 0.3) is 0 Å². The fourth-order valence-corrected chi connectivity index (χ4v) is 3.57. The summed E-state index contributed by atoms with van der Waals surface area (Å²) >= 11 is 0. The Hall–Kier alpha value is -1.66. The van der Waals surface area contributed by atoms with Crippen molar-refractivity contribution >= 4 is 29.9 Å². The molecule has 29 heavy (non-hydrogen) atoms. The molecule has 0 radical (unpaired) electrons. The van der Waals surface area contributed by atoms with E-state index in [1.807, 2.05) is 38.0 Å². The van der Waals surface area contributed by atoms with Crippen LogP contribution >= 0.6 is 24.0 Å². The summed E-state index contributed by atoms with van der Waals surface area (Å²) in [7, 11) is 7.98. The SMILES string of the molecule is CN=C(NCC(c1cnn(C)c1)N(C)C)N1CCN(Cc2cc(C)on2)CC1.I. The normalized spacial score (nSPS) is 16.8. The van der Waals surface area contributed by atoms with Crippen LogP contribution in [-0.2, 0) is 13.6 Å². The summed E-state index contributed by atoms with van der Waals surface area (Å²) < 4.78 is 7.01. The minimum Gasteiger partial charge on any atom is -0.361 e. The van der Waals surface area contributed by atoms with Gasteiger partial charge in [0.25, 0.3) is 0 Å². The number of aromatic nitrogens is 3. The first-order valence-corrected chi connectivity index (χ1v) is 9.71. The number of halogens is 1. The van der Waals surface area contributed by atoms with Crippen LogP contribution in [0.1, 0.15) is 23.1 Å². The van der Waals surface area contributed by atoms with E-state index >= 15 is 0 Å². The third-order valence-corrected chi connectivity index (χ3v) is 5.13. The van der Waals surface area contributed by atoms with Gasteiger partial charge in [-0.1, -0.05) is 5.16 Å². The largest absolute Gasteiger partial charge is 0.361 e. The lowest BCUT2D eigenvalue weighted by Gasteiger charge is -2.36. The van der Waals surface area contributed by atoms with Gasteiger partial charge in [-0.3, -0.25) is 14.6 Å². The molecule has 0 aromatic carbocycles. The minimum absolute atomic E-state index is 0. The first-order chi connectivity index (χ1) is 13.5. The van der Waals surface area contributed by atoms with Crippen LogP contribution in [-0.4, -0.2) is 89.5 Å². The fraction of sp³-hybridized carbons (Fsp3) is 0.632. The van der Waals surface area contributed by atoms with Crippen molar-refractivity contribution in [2.45, 2.75) is 19.5 Å². The van der Waals surface area contributed by atoms with E-state index in [0.717, 1.165) is 56.7 Å². The molecule has 162 valence electrons. The molecule has 1 N–H and O–H groups in total. The molecule has 0 saturated carbocycles. The first-order valence-electron chi connectivity index (χ1n) is 9.71. The Balaban J connectivity index is 0.00000300. The van der Waals surface area contributed by atoms with E-state index in [9.17, 15) is 0 Å². The van der Waals surface area contributed by atoms with Crippen LogP contribution in [0.4, 0.5) is 0 Å². The summed E-state index contributed by atoms with van der Waals surface area (Å²) in [5, 5.41) is 12.0. The standard InChI is InChI=1S/C19H32N8O.HI/c1-15-10-17(23-28-15)14-26-6-8-27(9-7-26)19(20-2)21-12-18(24(3)4)16-11-22-25(5)13-16;/h10-11,13,18H,6-9,12,14H2,1-5H3,(H,20,21);1H. The van der Waals surface area contributed by atoms with Gasteiger partial charge in [0.2, 0.25) is 0 Å². The lowest BCUT2D eigenvalue weighted by atomic mass is 10.1. The zero-order chi connectivity index (χ0) is 20.1. The average Bonchev–Trinajstić information content (AvgIpc) is 3.27. The fourth-order valence-electron chi connectivity index (χ4n) is 3.57. The molecule has 1 aliphatic rings. The monoisotopic (exact) mass is 516 g/mol. The smallest absolute Gasteiger partial charge is 0.193 e. The third-order valence-electron chi connectivity index (χ3n) is 5.13. The van der Waals surface area contributed by atoms with Crippen LogP contribution < -0.4 is 5.32 Å². The van der Waals surface area contributed by atoms with Gasteiger partial charge < -0.3 is 19.6 Å². The predicted molar refractivity (Wildman–Crippen MR) is 125 cm³/mol. The van der Waals surface area contributed by atoms with Gasteiger partial charge in [-0.15, -0.1) is 24.0 Å². The van der Waals surface area contributed by atoms with E-state index in [1.54, 1.807) is 0 Å². The van der Waals surface area contributed by atoms with Gasteiger partial charge in [0, 0.05) is 71.2 Å². The molecule has 1 atom stereocenters. The second kappa shape index (κ2) is 10.9. The topological polar surface area (TPSA) is 78.0 Å². The Morgan fingerprint density at radius 2 is 2.03 bits per heavy atom. The second-order valence-corrected chi connectivity index (χ2v) is 7.55. The summed E-state index contributed by atoms with van der Waals surface area (Å²) in [5.74, 6) is 1.81. The van der Waals surface area contributed by atoms with Gasteiger partial charge in [-0.05, 0) is 21.0 Å². The average molecular weight is 516 g/mol. The van der Waals surface area contributed by atoms with Gasteiger partial charge in [0.15, 0.2) is 5.96 Å². The summed E-state index contributed by atoms with van der Waals surface area (Å²) in [6, 6.07) is 2.24. The van der Waals surface area contributed by atoms with Crippen molar-refractivity contribution in [3.63, 3.8) is 0 Å². The summed E-state index contributed by atoms with van der Waals surface area (Å²) in [4.78, 5) is 11.4. The number of rotatable bonds is 6. The number of piperazine rings is 1. The van der Waals surface area contributed by atoms with E-state index in [4.69, 9.17) is 4.52 Å². The molecular weight excluding hydrogens is 483 g/mol. The predicted octanol–water partition coefficient (Wildman–Crippen LogP) is 1.33. The lowest BCUT2D eigenvalue weighted by Crippen LogP contribution is -2.53. The summed E-state index contributed by atoms with van der Waals surface area (Å²) in [6.07, 6.45) is 4.00. The molecule has 0 bridgehead atoms. The van der Waals surface area contributed by atoms with Crippen LogP contribution in [0.15, 0.2) is 28.0 Å². The summed E-state index contributed by atoms with van der Waals surface area (Å²) in [6.45, 7) is 7.38. The molecule has 3 heterocycles. The quantitative estimate of drug-likeness (QED) is 0.353. The Labute approximate surface area is 190 Å². The van der Waals surface area contributed by atoms with Gasteiger partial charge in [0.1, 0.15) is 5.76 Å². The Morgan fingerprint density at radius 1 is 1.31 bits per heavy atom. The van der Waals surface area contributed by atoms with Crippen LogP contribution in [0.5, 0.6) is 0 Å². The van der Waals surface area contributed by atoms with E-state index in [2.05, 4.69) is 55.6 Å². The number of aryl methyl sites for hydroxylation is 2. The Kier molecular flexibility index (Phi) is 8.90. The highest BCUT2D eigenvalue weighted by Crippen LogP contribution is 2.16. The van der Waals surface area contributed by atoms with E-state index in [1.165, 1.54) is 5.56 Å². The Bertz CT molecular complexity index is 779. The van der Waals surface area contributed by atoms with Crippen molar-refractivity contribution in [1.29, 1.82) is 0 Å². The number of guanidine groups is 1. The molecule has 1 saturated heterocycles. The van der Waals surface area contributed by atoms with Crippen LogP contribution in [0.3, 0.4) is 0 Å². The zero-order valence-corrected chi connectivity index (χ0v) is 20.3. The molecule has 10 heteroatoms. The van der Waals surface area contributed by atoms with Gasteiger partial charge in [0.05, 0.1) is 17.9 Å². The third kappa shape index (κ3) is 6.41. The van der Waals surface area contributed by atoms with Crippen molar-refractivity contribution in [3.8, 4) is 0 Å². The molecule has 2 aromatic heterocycles. The molecule has 3 rings (SSSR count). The highest BCUT2D eigenvalue weighted by atomic mass is 127.